The van der Waals surface area contributed by atoms with Gasteiger partial charge in [-0.1, -0.05) is 40.1 Å². The molecule has 0 aliphatic heterocycles. The van der Waals surface area contributed by atoms with Gasteiger partial charge in [-0.25, -0.2) is 0 Å². The van der Waals surface area contributed by atoms with Crippen molar-refractivity contribution in [3.8, 4) is 0 Å². The van der Waals surface area contributed by atoms with Crippen LogP contribution in [0.25, 0.3) is 0 Å². The first kappa shape index (κ1) is 14.0. The molecule has 0 spiro atoms. The number of hydrogen-bond acceptors (Lipinski definition) is 3. The topological polar surface area (TPSA) is 61.9 Å². The van der Waals surface area contributed by atoms with Crippen molar-refractivity contribution in [2.45, 2.75) is 25.9 Å². The first-order valence-electron chi connectivity index (χ1n) is 5.50. The average molecular weight is 300 g/mol. The van der Waals surface area contributed by atoms with Crippen LogP contribution < -0.4 is 5.73 Å². The van der Waals surface area contributed by atoms with Crippen LogP contribution in [0.4, 0.5) is 0 Å². The molecule has 0 amide bonds. The molecule has 0 fully saturated rings. The smallest absolute Gasteiger partial charge is 0.156 e. The van der Waals surface area contributed by atoms with Gasteiger partial charge < -0.3 is 10.9 Å². The molecule has 0 bridgehead atoms. The Labute approximate surface area is 110 Å². The van der Waals surface area contributed by atoms with Crippen molar-refractivity contribution in [3.63, 3.8) is 0 Å². The summed E-state index contributed by atoms with van der Waals surface area (Å²) in [5.41, 5.74) is 6.85. The van der Waals surface area contributed by atoms with E-state index in [9.17, 15) is 0 Å². The summed E-state index contributed by atoms with van der Waals surface area (Å²) >= 11 is 3.40. The molecular formula is C12H18BrN3O. The number of benzene rings is 1. The first-order chi connectivity index (χ1) is 8.08. The Kier molecular flexibility index (Phi) is 5.44. The van der Waals surface area contributed by atoms with Crippen molar-refractivity contribution in [2.24, 2.45) is 10.9 Å². The molecule has 94 valence electrons. The molecule has 0 aliphatic carbocycles. The molecule has 0 aromatic heterocycles. The number of nitrogens with zero attached hydrogens (tertiary/aromatic N) is 2. The molecule has 1 aromatic rings. The van der Waals surface area contributed by atoms with Crippen LogP contribution in [0.15, 0.2) is 33.9 Å². The zero-order chi connectivity index (χ0) is 12.8. The molecule has 1 rings (SSSR count). The minimum atomic E-state index is -0.0383. The van der Waals surface area contributed by atoms with Crippen molar-refractivity contribution >= 4 is 21.8 Å². The van der Waals surface area contributed by atoms with Crippen LogP contribution in [-0.4, -0.2) is 29.0 Å². The number of amidine groups is 1. The molecule has 0 heterocycles. The van der Waals surface area contributed by atoms with Gasteiger partial charge in [0.25, 0.3) is 0 Å². The van der Waals surface area contributed by atoms with E-state index in [4.69, 9.17) is 10.9 Å². The average Bonchev–Trinajstić information content (AvgIpc) is 2.32. The fraction of sp³-hybridized carbons (Fsp3) is 0.417. The highest BCUT2D eigenvalue weighted by molar-refractivity contribution is 9.10. The van der Waals surface area contributed by atoms with E-state index in [2.05, 4.69) is 38.1 Å². The lowest BCUT2D eigenvalue weighted by Gasteiger charge is -2.25. The van der Waals surface area contributed by atoms with Crippen molar-refractivity contribution in [2.75, 3.05) is 7.05 Å². The third-order valence-corrected chi connectivity index (χ3v) is 3.25. The van der Waals surface area contributed by atoms with Gasteiger partial charge in [-0.15, -0.1) is 0 Å². The van der Waals surface area contributed by atoms with Crippen molar-refractivity contribution in [3.05, 3.63) is 34.3 Å². The Balaban J connectivity index is 2.70. The number of rotatable bonds is 5. The second-order valence-electron chi connectivity index (χ2n) is 3.99. The Bertz CT molecular complexity index is 378. The lowest BCUT2D eigenvalue weighted by Crippen LogP contribution is -2.41. The van der Waals surface area contributed by atoms with E-state index < -0.39 is 0 Å². The molecule has 0 aliphatic rings. The van der Waals surface area contributed by atoms with Crippen molar-refractivity contribution < 1.29 is 5.21 Å². The molecule has 17 heavy (non-hydrogen) atoms. The minimum Gasteiger partial charge on any atom is -0.409 e. The highest BCUT2D eigenvalue weighted by atomic mass is 79.9. The molecule has 4 nitrogen and oxygen atoms in total. The van der Waals surface area contributed by atoms with E-state index in [1.807, 2.05) is 26.1 Å². The number of hydrogen-bond donors (Lipinski definition) is 2. The monoisotopic (exact) mass is 299 g/mol. The van der Waals surface area contributed by atoms with E-state index in [-0.39, 0.29) is 11.9 Å². The summed E-state index contributed by atoms with van der Waals surface area (Å²) in [4.78, 5) is 2.07. The lowest BCUT2D eigenvalue weighted by atomic mass is 10.1. The summed E-state index contributed by atoms with van der Waals surface area (Å²) in [6.45, 7) is 2.78. The first-order valence-corrected chi connectivity index (χ1v) is 6.29. The molecule has 0 radical (unpaired) electrons. The van der Waals surface area contributed by atoms with Gasteiger partial charge in [0.15, 0.2) is 5.84 Å². The highest BCUT2D eigenvalue weighted by Crippen LogP contribution is 2.13. The van der Waals surface area contributed by atoms with E-state index in [1.54, 1.807) is 0 Å². The molecular weight excluding hydrogens is 282 g/mol. The maximum Gasteiger partial charge on any atom is 0.156 e. The van der Waals surface area contributed by atoms with Gasteiger partial charge in [0.2, 0.25) is 0 Å². The van der Waals surface area contributed by atoms with Crippen LogP contribution in [0, 0.1) is 0 Å². The second kappa shape index (κ2) is 6.61. The van der Waals surface area contributed by atoms with E-state index in [0.29, 0.717) is 0 Å². The van der Waals surface area contributed by atoms with Gasteiger partial charge in [0, 0.05) is 11.0 Å². The third-order valence-electron chi connectivity index (χ3n) is 2.72. The van der Waals surface area contributed by atoms with Crippen LogP contribution in [0.3, 0.4) is 0 Å². The zero-order valence-corrected chi connectivity index (χ0v) is 11.7. The molecule has 3 N–H and O–H groups in total. The maximum atomic E-state index is 8.72. The van der Waals surface area contributed by atoms with E-state index >= 15 is 0 Å². The summed E-state index contributed by atoms with van der Waals surface area (Å²) in [5.74, 6) is 0.257. The van der Waals surface area contributed by atoms with Gasteiger partial charge >= 0.3 is 0 Å². The quantitative estimate of drug-likeness (QED) is 0.380. The predicted molar refractivity (Wildman–Crippen MR) is 73.1 cm³/mol. The maximum absolute atomic E-state index is 8.72. The van der Waals surface area contributed by atoms with Crippen molar-refractivity contribution in [1.82, 2.24) is 4.90 Å². The van der Waals surface area contributed by atoms with Crippen LogP contribution in [0.1, 0.15) is 18.9 Å². The highest BCUT2D eigenvalue weighted by Gasteiger charge is 2.17. The normalized spacial score (nSPS) is 14.0. The molecule has 1 atom stereocenters. The van der Waals surface area contributed by atoms with Crippen LogP contribution in [0.2, 0.25) is 0 Å². The van der Waals surface area contributed by atoms with Gasteiger partial charge in [-0.05, 0) is 31.2 Å². The zero-order valence-electron chi connectivity index (χ0n) is 10.1. The molecule has 0 saturated carbocycles. The number of oxime groups is 1. The molecule has 1 aromatic carbocycles. The fourth-order valence-corrected chi connectivity index (χ4v) is 2.07. The number of likely N-dealkylation sites (N-methyl/N-ethyl adjacent to an activating group) is 1. The molecule has 1 unspecified atom stereocenters. The van der Waals surface area contributed by atoms with Gasteiger partial charge in [0.05, 0.1) is 6.04 Å². The summed E-state index contributed by atoms with van der Waals surface area (Å²) in [6, 6.07) is 8.09. The summed E-state index contributed by atoms with van der Waals surface area (Å²) in [7, 11) is 1.97. The largest absolute Gasteiger partial charge is 0.409 e. The second-order valence-corrected chi connectivity index (χ2v) is 4.91. The van der Waals surface area contributed by atoms with Crippen LogP contribution in [0.5, 0.6) is 0 Å². The van der Waals surface area contributed by atoms with E-state index in [1.165, 1.54) is 5.56 Å². The van der Waals surface area contributed by atoms with Gasteiger partial charge in [0.1, 0.15) is 0 Å². The summed E-state index contributed by atoms with van der Waals surface area (Å²) in [6.07, 6.45) is 0.808. The SMILES string of the molecule is CCC(C(N)=NO)N(C)Cc1ccc(Br)cc1. The Morgan fingerprint density at radius 2 is 2.06 bits per heavy atom. The summed E-state index contributed by atoms with van der Waals surface area (Å²) < 4.78 is 1.06. The predicted octanol–water partition coefficient (Wildman–Crippen LogP) is 2.41. The van der Waals surface area contributed by atoms with E-state index in [0.717, 1.165) is 17.4 Å². The van der Waals surface area contributed by atoms with Crippen LogP contribution >= 0.6 is 15.9 Å². The Hall–Kier alpha value is -1.07. The number of nitrogens with two attached hydrogens (primary N) is 1. The fourth-order valence-electron chi connectivity index (χ4n) is 1.80. The Morgan fingerprint density at radius 1 is 1.47 bits per heavy atom. The van der Waals surface area contributed by atoms with Gasteiger partial charge in [-0.3, -0.25) is 4.90 Å². The minimum absolute atomic E-state index is 0.0383. The van der Waals surface area contributed by atoms with Crippen molar-refractivity contribution in [1.29, 1.82) is 0 Å². The third kappa shape index (κ3) is 4.02. The molecule has 0 saturated heterocycles. The Morgan fingerprint density at radius 3 is 2.53 bits per heavy atom. The molecule has 5 heteroatoms. The van der Waals surface area contributed by atoms with Crippen LogP contribution in [-0.2, 0) is 6.54 Å². The standard InChI is InChI=1S/C12H18BrN3O/c1-3-11(12(14)15-17)16(2)8-9-4-6-10(13)7-5-9/h4-7,11,17H,3,8H2,1-2H3,(H2,14,15). The lowest BCUT2D eigenvalue weighted by molar-refractivity contribution is 0.264. The van der Waals surface area contributed by atoms with Gasteiger partial charge in [-0.2, -0.15) is 0 Å². The summed E-state index contributed by atoms with van der Waals surface area (Å²) in [5, 5.41) is 11.8. The number of halogens is 1.